The van der Waals surface area contributed by atoms with E-state index in [4.69, 9.17) is 4.74 Å². The van der Waals surface area contributed by atoms with Gasteiger partial charge in [0.25, 0.3) is 0 Å². The number of hydrogen-bond donors (Lipinski definition) is 1. The van der Waals surface area contributed by atoms with E-state index in [1.54, 1.807) is 7.05 Å². The second kappa shape index (κ2) is 5.94. The minimum atomic E-state index is 0.154. The number of carbonyl (C=O) groups is 1. The maximum atomic E-state index is 11.8. The van der Waals surface area contributed by atoms with Gasteiger partial charge in [0, 0.05) is 18.8 Å². The maximum Gasteiger partial charge on any atom is 0.176 e. The van der Waals surface area contributed by atoms with Crippen molar-refractivity contribution < 1.29 is 9.53 Å². The number of nitrogens with one attached hydrogen (secondary N) is 1. The molecule has 17 heavy (non-hydrogen) atoms. The zero-order valence-electron chi connectivity index (χ0n) is 10.2. The third-order valence-electron chi connectivity index (χ3n) is 3.24. The third kappa shape index (κ3) is 3.14. The number of carbonyl (C=O) groups excluding carboxylic acids is 1. The van der Waals surface area contributed by atoms with E-state index in [-0.39, 0.29) is 5.78 Å². The summed E-state index contributed by atoms with van der Waals surface area (Å²) in [7, 11) is 1.79. The van der Waals surface area contributed by atoms with Gasteiger partial charge in [0.05, 0.1) is 6.54 Å². The molecule has 0 amide bonds. The Labute approximate surface area is 102 Å². The molecule has 1 saturated heterocycles. The van der Waals surface area contributed by atoms with Crippen molar-refractivity contribution in [2.24, 2.45) is 0 Å². The molecule has 1 fully saturated rings. The Morgan fingerprint density at radius 3 is 2.88 bits per heavy atom. The first kappa shape index (κ1) is 12.3. The molecule has 0 saturated carbocycles. The van der Waals surface area contributed by atoms with E-state index in [2.05, 4.69) is 11.4 Å². The number of rotatable bonds is 4. The number of benzene rings is 1. The highest BCUT2D eigenvalue weighted by molar-refractivity contribution is 5.97. The molecule has 0 bridgehead atoms. The quantitative estimate of drug-likeness (QED) is 0.808. The molecule has 1 heterocycles. The molecule has 1 aromatic carbocycles. The van der Waals surface area contributed by atoms with E-state index in [1.165, 1.54) is 5.56 Å². The normalized spacial score (nSPS) is 17.0. The van der Waals surface area contributed by atoms with Crippen molar-refractivity contribution >= 4 is 5.78 Å². The van der Waals surface area contributed by atoms with E-state index < -0.39 is 0 Å². The lowest BCUT2D eigenvalue weighted by molar-refractivity contribution is 0.0853. The highest BCUT2D eigenvalue weighted by Crippen LogP contribution is 2.27. The van der Waals surface area contributed by atoms with Crippen molar-refractivity contribution in [1.29, 1.82) is 0 Å². The number of Topliss-reactive ketones (excluding diaryl/α,β-unsaturated/α-hetero) is 1. The molecular weight excluding hydrogens is 214 g/mol. The number of ether oxygens (including phenoxy) is 1. The van der Waals surface area contributed by atoms with Crippen LogP contribution in [-0.4, -0.2) is 32.6 Å². The van der Waals surface area contributed by atoms with Gasteiger partial charge in [-0.05, 0) is 37.4 Å². The Morgan fingerprint density at radius 2 is 2.18 bits per heavy atom. The SMILES string of the molecule is CNCC(=O)c1cccc(C2CCOCC2)c1. The minimum Gasteiger partial charge on any atom is -0.381 e. The van der Waals surface area contributed by atoms with Gasteiger partial charge in [0.15, 0.2) is 5.78 Å². The first-order valence-corrected chi connectivity index (χ1v) is 6.17. The molecule has 3 nitrogen and oxygen atoms in total. The molecule has 92 valence electrons. The average Bonchev–Trinajstić information content (AvgIpc) is 2.40. The van der Waals surface area contributed by atoms with Crippen molar-refractivity contribution in [3.05, 3.63) is 35.4 Å². The fourth-order valence-electron chi connectivity index (χ4n) is 2.26. The highest BCUT2D eigenvalue weighted by atomic mass is 16.5. The summed E-state index contributed by atoms with van der Waals surface area (Å²) in [5, 5.41) is 2.90. The van der Waals surface area contributed by atoms with Crippen molar-refractivity contribution in [3.63, 3.8) is 0 Å². The predicted molar refractivity (Wildman–Crippen MR) is 67.5 cm³/mol. The molecule has 1 aromatic rings. The van der Waals surface area contributed by atoms with Crippen LogP contribution in [0.4, 0.5) is 0 Å². The average molecular weight is 233 g/mol. The van der Waals surface area contributed by atoms with Crippen LogP contribution in [0.1, 0.15) is 34.7 Å². The van der Waals surface area contributed by atoms with Gasteiger partial charge in [0.1, 0.15) is 0 Å². The van der Waals surface area contributed by atoms with Gasteiger partial charge in [-0.2, -0.15) is 0 Å². The molecular formula is C14H19NO2. The molecule has 0 radical (unpaired) electrons. The summed E-state index contributed by atoms with van der Waals surface area (Å²) >= 11 is 0. The second-order valence-electron chi connectivity index (χ2n) is 4.47. The summed E-state index contributed by atoms with van der Waals surface area (Å²) in [4.78, 5) is 11.8. The van der Waals surface area contributed by atoms with Crippen LogP contribution in [0.15, 0.2) is 24.3 Å². The van der Waals surface area contributed by atoms with Crippen LogP contribution in [0.2, 0.25) is 0 Å². The van der Waals surface area contributed by atoms with Gasteiger partial charge in [-0.15, -0.1) is 0 Å². The van der Waals surface area contributed by atoms with Crippen LogP contribution in [0.25, 0.3) is 0 Å². The van der Waals surface area contributed by atoms with E-state index >= 15 is 0 Å². The molecule has 0 unspecified atom stereocenters. The second-order valence-corrected chi connectivity index (χ2v) is 4.47. The first-order valence-electron chi connectivity index (χ1n) is 6.17. The molecule has 0 atom stereocenters. The number of hydrogen-bond acceptors (Lipinski definition) is 3. The van der Waals surface area contributed by atoms with Crippen LogP contribution in [0.3, 0.4) is 0 Å². The minimum absolute atomic E-state index is 0.154. The zero-order chi connectivity index (χ0) is 12.1. The Balaban J connectivity index is 2.12. The monoisotopic (exact) mass is 233 g/mol. The molecule has 2 rings (SSSR count). The fourth-order valence-corrected chi connectivity index (χ4v) is 2.26. The summed E-state index contributed by atoms with van der Waals surface area (Å²) in [6.07, 6.45) is 2.12. The van der Waals surface area contributed by atoms with Gasteiger partial charge >= 0.3 is 0 Å². The predicted octanol–water partition coefficient (Wildman–Crippen LogP) is 1.98. The zero-order valence-corrected chi connectivity index (χ0v) is 10.2. The summed E-state index contributed by atoms with van der Waals surface area (Å²) in [6, 6.07) is 8.03. The standard InChI is InChI=1S/C14H19NO2/c1-15-10-14(16)13-4-2-3-12(9-13)11-5-7-17-8-6-11/h2-4,9,11,15H,5-8,10H2,1H3. The molecule has 0 aromatic heterocycles. The third-order valence-corrected chi connectivity index (χ3v) is 3.24. The van der Waals surface area contributed by atoms with Crippen LogP contribution in [-0.2, 0) is 4.74 Å². The number of likely N-dealkylation sites (N-methyl/N-ethyl adjacent to an activating group) is 1. The van der Waals surface area contributed by atoms with E-state index in [0.29, 0.717) is 12.5 Å². The van der Waals surface area contributed by atoms with Crippen LogP contribution < -0.4 is 5.32 Å². The van der Waals surface area contributed by atoms with E-state index in [1.807, 2.05) is 18.2 Å². The molecule has 1 N–H and O–H groups in total. The summed E-state index contributed by atoms with van der Waals surface area (Å²) in [6.45, 7) is 2.07. The van der Waals surface area contributed by atoms with Crippen LogP contribution in [0.5, 0.6) is 0 Å². The van der Waals surface area contributed by atoms with Gasteiger partial charge in [-0.1, -0.05) is 18.2 Å². The molecule has 3 heteroatoms. The van der Waals surface area contributed by atoms with Gasteiger partial charge in [-0.3, -0.25) is 4.79 Å². The van der Waals surface area contributed by atoms with E-state index in [9.17, 15) is 4.79 Å². The lowest BCUT2D eigenvalue weighted by Crippen LogP contribution is -2.19. The summed E-state index contributed by atoms with van der Waals surface area (Å²) in [5.74, 6) is 0.701. The van der Waals surface area contributed by atoms with Crippen molar-refractivity contribution in [1.82, 2.24) is 5.32 Å². The van der Waals surface area contributed by atoms with Gasteiger partial charge < -0.3 is 10.1 Å². The maximum absolute atomic E-state index is 11.8. The Morgan fingerprint density at radius 1 is 1.41 bits per heavy atom. The first-order chi connectivity index (χ1) is 8.31. The summed E-state index contributed by atoms with van der Waals surface area (Å²) < 4.78 is 5.36. The molecule has 1 aliphatic heterocycles. The largest absolute Gasteiger partial charge is 0.381 e. The van der Waals surface area contributed by atoms with Gasteiger partial charge in [-0.25, -0.2) is 0 Å². The Hall–Kier alpha value is -1.19. The Bertz CT molecular complexity index is 384. The van der Waals surface area contributed by atoms with Crippen molar-refractivity contribution in [2.45, 2.75) is 18.8 Å². The van der Waals surface area contributed by atoms with Gasteiger partial charge in [0.2, 0.25) is 0 Å². The molecule has 0 spiro atoms. The fraction of sp³-hybridized carbons (Fsp3) is 0.500. The smallest absolute Gasteiger partial charge is 0.176 e. The highest BCUT2D eigenvalue weighted by Gasteiger charge is 2.16. The van der Waals surface area contributed by atoms with Crippen LogP contribution >= 0.6 is 0 Å². The molecule has 0 aliphatic carbocycles. The summed E-state index contributed by atoms with van der Waals surface area (Å²) in [5.41, 5.74) is 2.08. The van der Waals surface area contributed by atoms with Crippen LogP contribution in [0, 0.1) is 0 Å². The Kier molecular flexibility index (Phi) is 4.29. The topological polar surface area (TPSA) is 38.3 Å². The molecule has 1 aliphatic rings. The number of ketones is 1. The lowest BCUT2D eigenvalue weighted by atomic mass is 9.90. The van der Waals surface area contributed by atoms with E-state index in [0.717, 1.165) is 31.6 Å². The van der Waals surface area contributed by atoms with Crippen molar-refractivity contribution in [2.75, 3.05) is 26.8 Å². The lowest BCUT2D eigenvalue weighted by Gasteiger charge is -2.22. The van der Waals surface area contributed by atoms with Crippen molar-refractivity contribution in [3.8, 4) is 0 Å².